The summed E-state index contributed by atoms with van der Waals surface area (Å²) < 4.78 is 36.7. The van der Waals surface area contributed by atoms with Crippen LogP contribution in [0.4, 0.5) is 13.2 Å². The molecule has 0 aromatic heterocycles. The number of nitrogens with zero attached hydrogens (tertiary/aromatic N) is 1. The SMILES string of the molecule is FC(F)(F)CN1CCC(c2ccccc2)CC1. The Morgan fingerprint density at radius 1 is 1.06 bits per heavy atom. The molecule has 94 valence electrons. The second-order valence-electron chi connectivity index (χ2n) is 4.58. The van der Waals surface area contributed by atoms with Crippen molar-refractivity contribution in [2.24, 2.45) is 0 Å². The lowest BCUT2D eigenvalue weighted by Crippen LogP contribution is -2.39. The van der Waals surface area contributed by atoms with E-state index in [0.29, 0.717) is 19.0 Å². The average molecular weight is 243 g/mol. The molecule has 17 heavy (non-hydrogen) atoms. The smallest absolute Gasteiger partial charge is 0.295 e. The molecule has 0 radical (unpaired) electrons. The number of likely N-dealkylation sites (tertiary alicyclic amines) is 1. The minimum Gasteiger partial charge on any atom is -0.295 e. The first-order valence-electron chi connectivity index (χ1n) is 5.89. The Kier molecular flexibility index (Phi) is 3.72. The van der Waals surface area contributed by atoms with E-state index in [-0.39, 0.29) is 0 Å². The minimum atomic E-state index is -4.07. The molecule has 1 fully saturated rings. The number of hydrogen-bond acceptors (Lipinski definition) is 1. The van der Waals surface area contributed by atoms with Crippen molar-refractivity contribution < 1.29 is 13.2 Å². The molecule has 1 aromatic carbocycles. The fourth-order valence-electron chi connectivity index (χ4n) is 2.40. The van der Waals surface area contributed by atoms with Gasteiger partial charge in [-0.2, -0.15) is 13.2 Å². The molecular formula is C13H16F3N. The highest BCUT2D eigenvalue weighted by atomic mass is 19.4. The Hall–Kier alpha value is -1.03. The van der Waals surface area contributed by atoms with E-state index in [0.717, 1.165) is 12.8 Å². The molecule has 1 aliphatic heterocycles. The monoisotopic (exact) mass is 243 g/mol. The van der Waals surface area contributed by atoms with E-state index < -0.39 is 12.7 Å². The third-order valence-corrected chi connectivity index (χ3v) is 3.26. The number of hydrogen-bond donors (Lipinski definition) is 0. The van der Waals surface area contributed by atoms with Crippen molar-refractivity contribution in [2.45, 2.75) is 24.9 Å². The van der Waals surface area contributed by atoms with E-state index in [4.69, 9.17) is 0 Å². The summed E-state index contributed by atoms with van der Waals surface area (Å²) in [7, 11) is 0. The molecule has 0 aliphatic carbocycles. The lowest BCUT2D eigenvalue weighted by molar-refractivity contribution is -0.147. The van der Waals surface area contributed by atoms with Gasteiger partial charge in [0, 0.05) is 0 Å². The summed E-state index contributed by atoms with van der Waals surface area (Å²) in [5, 5.41) is 0. The molecule has 2 rings (SSSR count). The topological polar surface area (TPSA) is 3.24 Å². The normalized spacial score (nSPS) is 19.5. The van der Waals surface area contributed by atoms with E-state index in [1.165, 1.54) is 10.5 Å². The standard InChI is InChI=1S/C13H16F3N/c14-13(15,16)10-17-8-6-12(7-9-17)11-4-2-1-3-5-11/h1-5,12H,6-10H2. The molecule has 0 amide bonds. The zero-order chi connectivity index (χ0) is 12.3. The molecule has 1 heterocycles. The van der Waals surface area contributed by atoms with Gasteiger partial charge < -0.3 is 0 Å². The second-order valence-corrected chi connectivity index (χ2v) is 4.58. The van der Waals surface area contributed by atoms with Crippen LogP contribution in [0.3, 0.4) is 0 Å². The van der Waals surface area contributed by atoms with Gasteiger partial charge in [-0.1, -0.05) is 30.3 Å². The number of halogens is 3. The third-order valence-electron chi connectivity index (χ3n) is 3.26. The van der Waals surface area contributed by atoms with Crippen LogP contribution in [0.1, 0.15) is 24.3 Å². The third kappa shape index (κ3) is 3.73. The molecule has 0 unspecified atom stereocenters. The van der Waals surface area contributed by atoms with Gasteiger partial charge in [-0.15, -0.1) is 0 Å². The molecule has 1 aliphatic rings. The molecule has 0 atom stereocenters. The van der Waals surface area contributed by atoms with Crippen LogP contribution in [0, 0.1) is 0 Å². The Labute approximate surface area is 99.2 Å². The van der Waals surface area contributed by atoms with Crippen LogP contribution < -0.4 is 0 Å². The van der Waals surface area contributed by atoms with E-state index in [2.05, 4.69) is 12.1 Å². The van der Waals surface area contributed by atoms with Gasteiger partial charge in [-0.3, -0.25) is 4.90 Å². The van der Waals surface area contributed by atoms with Gasteiger partial charge >= 0.3 is 6.18 Å². The number of piperidine rings is 1. The van der Waals surface area contributed by atoms with E-state index in [1.54, 1.807) is 0 Å². The Balaban J connectivity index is 1.86. The molecule has 1 saturated heterocycles. The molecule has 4 heteroatoms. The first kappa shape index (κ1) is 12.4. The van der Waals surface area contributed by atoms with Crippen LogP contribution in [0.15, 0.2) is 30.3 Å². The maximum Gasteiger partial charge on any atom is 0.401 e. The van der Waals surface area contributed by atoms with Gasteiger partial charge in [-0.05, 0) is 37.4 Å². The largest absolute Gasteiger partial charge is 0.401 e. The molecule has 1 aromatic rings. The molecule has 0 saturated carbocycles. The first-order valence-corrected chi connectivity index (χ1v) is 5.89. The van der Waals surface area contributed by atoms with Crippen molar-refractivity contribution in [2.75, 3.05) is 19.6 Å². The highest BCUT2D eigenvalue weighted by Gasteiger charge is 2.32. The number of alkyl halides is 3. The van der Waals surface area contributed by atoms with Crippen LogP contribution in [-0.2, 0) is 0 Å². The van der Waals surface area contributed by atoms with Gasteiger partial charge in [0.1, 0.15) is 0 Å². The van der Waals surface area contributed by atoms with Gasteiger partial charge in [0.25, 0.3) is 0 Å². The fourth-order valence-corrected chi connectivity index (χ4v) is 2.40. The first-order chi connectivity index (χ1) is 8.04. The van der Waals surface area contributed by atoms with Crippen molar-refractivity contribution in [1.29, 1.82) is 0 Å². The summed E-state index contributed by atoms with van der Waals surface area (Å²) in [5.74, 6) is 0.417. The van der Waals surface area contributed by atoms with Gasteiger partial charge in [-0.25, -0.2) is 0 Å². The average Bonchev–Trinajstić information content (AvgIpc) is 2.29. The van der Waals surface area contributed by atoms with Crippen molar-refractivity contribution in [3.63, 3.8) is 0 Å². The molecule has 0 bridgehead atoms. The van der Waals surface area contributed by atoms with Crippen LogP contribution in [0.5, 0.6) is 0 Å². The number of rotatable bonds is 2. The Morgan fingerprint density at radius 2 is 1.65 bits per heavy atom. The Bertz CT molecular complexity index is 339. The maximum atomic E-state index is 12.2. The van der Waals surface area contributed by atoms with Crippen molar-refractivity contribution in [3.8, 4) is 0 Å². The second kappa shape index (κ2) is 5.08. The van der Waals surface area contributed by atoms with E-state index >= 15 is 0 Å². The summed E-state index contributed by atoms with van der Waals surface area (Å²) in [6.07, 6.45) is -2.43. The molecular weight excluding hydrogens is 227 g/mol. The van der Waals surface area contributed by atoms with Gasteiger partial charge in [0.15, 0.2) is 0 Å². The lowest BCUT2D eigenvalue weighted by atomic mass is 9.89. The summed E-state index contributed by atoms with van der Waals surface area (Å²) in [6, 6.07) is 10.0. The highest BCUT2D eigenvalue weighted by molar-refractivity contribution is 5.19. The summed E-state index contributed by atoms with van der Waals surface area (Å²) in [5.41, 5.74) is 1.25. The minimum absolute atomic E-state index is 0.417. The fraction of sp³-hybridized carbons (Fsp3) is 0.538. The van der Waals surface area contributed by atoms with Gasteiger partial charge in [0.05, 0.1) is 6.54 Å². The lowest BCUT2D eigenvalue weighted by Gasteiger charge is -2.32. The van der Waals surface area contributed by atoms with Crippen LogP contribution in [0.25, 0.3) is 0 Å². The predicted molar refractivity (Wildman–Crippen MR) is 60.9 cm³/mol. The molecule has 1 nitrogen and oxygen atoms in total. The Morgan fingerprint density at radius 3 is 2.18 bits per heavy atom. The maximum absolute atomic E-state index is 12.2. The zero-order valence-corrected chi connectivity index (χ0v) is 9.58. The quantitative estimate of drug-likeness (QED) is 0.769. The summed E-state index contributed by atoms with van der Waals surface area (Å²) in [6.45, 7) is 0.312. The van der Waals surface area contributed by atoms with Crippen molar-refractivity contribution >= 4 is 0 Å². The molecule has 0 spiro atoms. The summed E-state index contributed by atoms with van der Waals surface area (Å²) >= 11 is 0. The van der Waals surface area contributed by atoms with E-state index in [9.17, 15) is 13.2 Å². The zero-order valence-electron chi connectivity index (χ0n) is 9.58. The van der Waals surface area contributed by atoms with Gasteiger partial charge in [0.2, 0.25) is 0 Å². The van der Waals surface area contributed by atoms with E-state index in [1.807, 2.05) is 18.2 Å². The molecule has 0 N–H and O–H groups in total. The van der Waals surface area contributed by atoms with Crippen LogP contribution >= 0.6 is 0 Å². The van der Waals surface area contributed by atoms with Crippen molar-refractivity contribution in [3.05, 3.63) is 35.9 Å². The van der Waals surface area contributed by atoms with Crippen LogP contribution in [-0.4, -0.2) is 30.7 Å². The summed E-state index contributed by atoms with van der Waals surface area (Å²) in [4.78, 5) is 1.50. The highest BCUT2D eigenvalue weighted by Crippen LogP contribution is 2.29. The van der Waals surface area contributed by atoms with Crippen LogP contribution in [0.2, 0.25) is 0 Å². The predicted octanol–water partition coefficient (Wildman–Crippen LogP) is 3.43. The number of benzene rings is 1. The van der Waals surface area contributed by atoms with Crippen molar-refractivity contribution in [1.82, 2.24) is 4.90 Å².